The molecule has 0 spiro atoms. The zero-order chi connectivity index (χ0) is 19.9. The van der Waals surface area contributed by atoms with E-state index in [9.17, 15) is 19.5 Å². The third-order valence-corrected chi connectivity index (χ3v) is 6.64. The SMILES string of the molecule is CCC(O)[C@@H]1O[C@@H](n2c(=O)sc3c(=O)[nH]c(N)nc32)[C@H](CC(=O)N(C)C)S1. The summed E-state index contributed by atoms with van der Waals surface area (Å²) in [5.74, 6) is -0.249. The fourth-order valence-electron chi connectivity index (χ4n) is 2.77. The molecule has 0 bridgehead atoms. The van der Waals surface area contributed by atoms with E-state index in [-0.39, 0.29) is 28.6 Å². The molecule has 2 aromatic rings. The molecule has 0 aromatic carbocycles. The second-order valence-corrected chi connectivity index (χ2v) is 8.68. The van der Waals surface area contributed by atoms with E-state index in [1.54, 1.807) is 14.1 Å². The van der Waals surface area contributed by atoms with Crippen LogP contribution in [0.5, 0.6) is 0 Å². The van der Waals surface area contributed by atoms with Gasteiger partial charge in [-0.2, -0.15) is 4.98 Å². The monoisotopic (exact) mass is 415 g/mol. The van der Waals surface area contributed by atoms with E-state index < -0.39 is 33.5 Å². The predicted octanol–water partition coefficient (Wildman–Crippen LogP) is -0.0656. The molecule has 1 amide bonds. The first-order valence-corrected chi connectivity index (χ1v) is 10.1. The quantitative estimate of drug-likeness (QED) is 0.616. The van der Waals surface area contributed by atoms with E-state index in [2.05, 4.69) is 9.97 Å². The van der Waals surface area contributed by atoms with Crippen molar-refractivity contribution in [3.05, 3.63) is 20.0 Å². The maximum atomic E-state index is 12.6. The molecule has 1 fully saturated rings. The van der Waals surface area contributed by atoms with Gasteiger partial charge in [-0.3, -0.25) is 23.9 Å². The van der Waals surface area contributed by atoms with E-state index in [0.29, 0.717) is 6.42 Å². The number of carbonyl (C=O) groups excluding carboxylic acids is 1. The minimum atomic E-state index is -0.847. The number of nitrogens with one attached hydrogen (secondary N) is 1. The Hall–Kier alpha value is -1.89. The van der Waals surface area contributed by atoms with Crippen molar-refractivity contribution in [2.24, 2.45) is 0 Å². The Morgan fingerprint density at radius 1 is 1.48 bits per heavy atom. The molecule has 12 heteroatoms. The average molecular weight is 415 g/mol. The van der Waals surface area contributed by atoms with Gasteiger partial charge < -0.3 is 20.5 Å². The lowest BCUT2D eigenvalue weighted by molar-refractivity contribution is -0.129. The largest absolute Gasteiger partial charge is 0.390 e. The first-order chi connectivity index (χ1) is 12.7. The number of fused-ring (bicyclic) bond motifs is 1. The summed E-state index contributed by atoms with van der Waals surface area (Å²) in [5, 5.41) is 9.76. The highest BCUT2D eigenvalue weighted by atomic mass is 32.2. The molecule has 0 radical (unpaired) electrons. The number of nitrogens with zero attached hydrogens (tertiary/aromatic N) is 3. The van der Waals surface area contributed by atoms with Crippen LogP contribution in [0.25, 0.3) is 10.3 Å². The Morgan fingerprint density at radius 3 is 2.81 bits per heavy atom. The maximum Gasteiger partial charge on any atom is 0.311 e. The van der Waals surface area contributed by atoms with Gasteiger partial charge in [0.25, 0.3) is 5.56 Å². The Kier molecular flexibility index (Phi) is 5.60. The van der Waals surface area contributed by atoms with Crippen LogP contribution in [0.4, 0.5) is 5.95 Å². The fourth-order valence-corrected chi connectivity index (χ4v) is 5.07. The summed E-state index contributed by atoms with van der Waals surface area (Å²) in [7, 11) is 3.29. The molecule has 3 rings (SSSR count). The summed E-state index contributed by atoms with van der Waals surface area (Å²) in [6.45, 7) is 1.82. The van der Waals surface area contributed by atoms with Crippen molar-refractivity contribution in [3.8, 4) is 0 Å². The number of carbonyl (C=O) groups is 1. The van der Waals surface area contributed by atoms with E-state index in [1.807, 2.05) is 6.92 Å². The van der Waals surface area contributed by atoms with Crippen molar-refractivity contribution in [2.75, 3.05) is 19.8 Å². The Labute approximate surface area is 162 Å². The van der Waals surface area contributed by atoms with Crippen molar-refractivity contribution in [3.63, 3.8) is 0 Å². The van der Waals surface area contributed by atoms with Crippen LogP contribution in [0.3, 0.4) is 0 Å². The van der Waals surface area contributed by atoms with Crippen LogP contribution < -0.4 is 16.2 Å². The molecule has 1 unspecified atom stereocenters. The van der Waals surface area contributed by atoms with Gasteiger partial charge in [0.05, 0.1) is 11.4 Å². The molecule has 4 atom stereocenters. The van der Waals surface area contributed by atoms with Gasteiger partial charge in [0.1, 0.15) is 10.1 Å². The number of anilines is 1. The van der Waals surface area contributed by atoms with Crippen LogP contribution in [0.1, 0.15) is 26.0 Å². The third kappa shape index (κ3) is 3.74. The summed E-state index contributed by atoms with van der Waals surface area (Å²) in [4.78, 5) is 44.4. The molecule has 2 aromatic heterocycles. The van der Waals surface area contributed by atoms with Gasteiger partial charge in [0, 0.05) is 20.5 Å². The number of thiazole rings is 1. The summed E-state index contributed by atoms with van der Waals surface area (Å²) in [5.41, 5.74) is 4.65. The number of amides is 1. The number of aliphatic hydroxyl groups excluding tert-OH is 1. The predicted molar refractivity (Wildman–Crippen MR) is 104 cm³/mol. The van der Waals surface area contributed by atoms with Gasteiger partial charge in [-0.25, -0.2) is 0 Å². The Morgan fingerprint density at radius 2 is 2.19 bits per heavy atom. The van der Waals surface area contributed by atoms with E-state index in [0.717, 1.165) is 11.3 Å². The summed E-state index contributed by atoms with van der Waals surface area (Å²) < 4.78 is 7.34. The van der Waals surface area contributed by atoms with Gasteiger partial charge in [-0.1, -0.05) is 18.3 Å². The van der Waals surface area contributed by atoms with Crippen LogP contribution in [-0.2, 0) is 9.53 Å². The van der Waals surface area contributed by atoms with Crippen molar-refractivity contribution in [1.29, 1.82) is 0 Å². The van der Waals surface area contributed by atoms with Gasteiger partial charge in [0.2, 0.25) is 11.9 Å². The second-order valence-electron chi connectivity index (χ2n) is 6.38. The van der Waals surface area contributed by atoms with Crippen LogP contribution in [-0.4, -0.2) is 61.3 Å². The number of thioether (sulfide) groups is 1. The van der Waals surface area contributed by atoms with Crippen LogP contribution in [0.2, 0.25) is 0 Å². The molecule has 0 saturated carbocycles. The van der Waals surface area contributed by atoms with Crippen molar-refractivity contribution < 1.29 is 14.6 Å². The minimum absolute atomic E-state index is 0.109. The third-order valence-electron chi connectivity index (χ3n) is 4.25. The highest BCUT2D eigenvalue weighted by Gasteiger charge is 2.42. The number of rotatable bonds is 5. The average Bonchev–Trinajstić information content (AvgIpc) is 3.14. The molecule has 10 nitrogen and oxygen atoms in total. The molecule has 1 aliphatic rings. The lowest BCUT2D eigenvalue weighted by Crippen LogP contribution is -2.32. The zero-order valence-corrected chi connectivity index (χ0v) is 16.7. The topological polar surface area (TPSA) is 144 Å². The number of hydrogen-bond acceptors (Lipinski definition) is 9. The number of nitrogens with two attached hydrogens (primary N) is 1. The molecular formula is C15H21N5O5S2. The zero-order valence-electron chi connectivity index (χ0n) is 15.0. The molecule has 3 heterocycles. The second kappa shape index (κ2) is 7.62. The van der Waals surface area contributed by atoms with E-state index in [1.165, 1.54) is 21.2 Å². The molecule has 4 N–H and O–H groups in total. The van der Waals surface area contributed by atoms with E-state index in [4.69, 9.17) is 10.5 Å². The Bertz CT molecular complexity index is 968. The van der Waals surface area contributed by atoms with Crippen molar-refractivity contribution in [1.82, 2.24) is 19.4 Å². The molecule has 0 aliphatic carbocycles. The molecular weight excluding hydrogens is 394 g/mol. The summed E-state index contributed by atoms with van der Waals surface area (Å²) in [6, 6.07) is 0. The van der Waals surface area contributed by atoms with Crippen LogP contribution in [0.15, 0.2) is 9.59 Å². The number of nitrogen functional groups attached to an aromatic ring is 1. The fraction of sp³-hybridized carbons (Fsp3) is 0.600. The highest BCUT2D eigenvalue weighted by molar-refractivity contribution is 8.00. The van der Waals surface area contributed by atoms with Gasteiger partial charge in [-0.05, 0) is 6.42 Å². The van der Waals surface area contributed by atoms with Crippen molar-refractivity contribution in [2.45, 2.75) is 42.8 Å². The van der Waals surface area contributed by atoms with Gasteiger partial charge in [-0.15, -0.1) is 11.8 Å². The number of ether oxygens (including phenoxy) is 1. The van der Waals surface area contributed by atoms with Crippen LogP contribution >= 0.6 is 23.1 Å². The number of aromatic amines is 1. The number of H-pyrrole nitrogens is 1. The van der Waals surface area contributed by atoms with Gasteiger partial charge in [0.15, 0.2) is 11.9 Å². The Balaban J connectivity index is 2.07. The molecule has 1 aliphatic heterocycles. The smallest absolute Gasteiger partial charge is 0.311 e. The van der Waals surface area contributed by atoms with Gasteiger partial charge >= 0.3 is 4.87 Å². The molecule has 148 valence electrons. The summed E-state index contributed by atoms with van der Waals surface area (Å²) in [6.07, 6.45) is -1.03. The molecule has 1 saturated heterocycles. The summed E-state index contributed by atoms with van der Waals surface area (Å²) >= 11 is 2.04. The first-order valence-electron chi connectivity index (χ1n) is 8.32. The molecule has 27 heavy (non-hydrogen) atoms. The number of aromatic nitrogens is 3. The maximum absolute atomic E-state index is 12.6. The van der Waals surface area contributed by atoms with E-state index >= 15 is 0 Å². The number of hydrogen-bond donors (Lipinski definition) is 3. The standard InChI is InChI=1S/C15H21N5O5S2/c1-4-6(21)13-25-12(7(26-13)5-8(22)19(2)3)20-10-9(27-15(20)24)11(23)18-14(16)17-10/h6-7,12-13,21H,4-5H2,1-3H3,(H3,16,17,18,23)/t6?,7-,12+,13+/m0/s1. The van der Waals surface area contributed by atoms with Crippen molar-refractivity contribution >= 4 is 45.3 Å². The highest BCUT2D eigenvalue weighted by Crippen LogP contribution is 2.43. The normalized spacial score (nSPS) is 23.6. The first kappa shape index (κ1) is 19.9. The number of aliphatic hydroxyl groups is 1. The lowest BCUT2D eigenvalue weighted by atomic mass is 10.2. The van der Waals surface area contributed by atoms with Crippen LogP contribution in [0, 0.1) is 0 Å². The lowest BCUT2D eigenvalue weighted by Gasteiger charge is -2.20. The minimum Gasteiger partial charge on any atom is -0.390 e.